The Hall–Kier alpha value is -2.10. The Balaban J connectivity index is 2.13. The second kappa shape index (κ2) is 4.88. The summed E-state index contributed by atoms with van der Waals surface area (Å²) in [4.78, 5) is 23.5. The van der Waals surface area contributed by atoms with Gasteiger partial charge in [-0.2, -0.15) is 0 Å². The van der Waals surface area contributed by atoms with Gasteiger partial charge in [0, 0.05) is 19.4 Å². The lowest BCUT2D eigenvalue weighted by molar-refractivity contribution is -0.205. The van der Waals surface area contributed by atoms with Gasteiger partial charge in [-0.1, -0.05) is 23.8 Å². The summed E-state index contributed by atoms with van der Waals surface area (Å²) in [6, 6.07) is 7.32. The molecule has 0 bridgehead atoms. The Morgan fingerprint density at radius 2 is 2.00 bits per heavy atom. The van der Waals surface area contributed by atoms with E-state index in [9.17, 15) is 9.59 Å². The average Bonchev–Trinajstić information content (AvgIpc) is 2.25. The summed E-state index contributed by atoms with van der Waals surface area (Å²) in [5.41, 5.74) is 1.63. The van der Waals surface area contributed by atoms with Gasteiger partial charge in [-0.25, -0.2) is 4.79 Å². The predicted molar refractivity (Wildman–Crippen MR) is 69.5 cm³/mol. The van der Waals surface area contributed by atoms with Gasteiger partial charge < -0.3 is 9.47 Å². The number of carbonyl (C=O) groups excluding carboxylic acids is 2. The zero-order valence-electron chi connectivity index (χ0n) is 11.2. The van der Waals surface area contributed by atoms with Crippen LogP contribution in [-0.2, 0) is 14.3 Å². The number of benzene rings is 1. The fourth-order valence-electron chi connectivity index (χ4n) is 1.94. The quantitative estimate of drug-likeness (QED) is 0.619. The number of aryl methyl sites for hydroxylation is 1. The summed E-state index contributed by atoms with van der Waals surface area (Å²) in [5.74, 6) is -1.25. The minimum Gasteiger partial charge on any atom is -0.456 e. The first kappa shape index (κ1) is 13.3. The number of allylic oxidation sites excluding steroid dienone is 1. The maximum absolute atomic E-state index is 12.1. The number of ether oxygens (including phenoxy) is 2. The third-order valence-electron chi connectivity index (χ3n) is 2.68. The Bertz CT molecular complexity index is 555. The van der Waals surface area contributed by atoms with Crippen LogP contribution in [0.3, 0.4) is 0 Å². The standard InChI is InChI=1S/C15H16O4/c1-10-5-4-6-11(7-10)13(16)8-12-9-14(17)19-15(2,3)18-12/h4-7,9H,8H2,1-3H3. The molecule has 1 aromatic rings. The largest absolute Gasteiger partial charge is 0.456 e. The first-order chi connectivity index (χ1) is 8.85. The fourth-order valence-corrected chi connectivity index (χ4v) is 1.94. The van der Waals surface area contributed by atoms with Gasteiger partial charge in [-0.15, -0.1) is 0 Å². The van der Waals surface area contributed by atoms with Crippen molar-refractivity contribution in [1.82, 2.24) is 0 Å². The number of ketones is 1. The van der Waals surface area contributed by atoms with E-state index in [0.29, 0.717) is 11.3 Å². The summed E-state index contributed by atoms with van der Waals surface area (Å²) >= 11 is 0. The van der Waals surface area contributed by atoms with Crippen molar-refractivity contribution < 1.29 is 19.1 Å². The van der Waals surface area contributed by atoms with Crippen LogP contribution in [0.5, 0.6) is 0 Å². The van der Waals surface area contributed by atoms with Crippen LogP contribution >= 0.6 is 0 Å². The number of Topliss-reactive ketones (excluding diaryl/α,β-unsaturated/α-hetero) is 1. The van der Waals surface area contributed by atoms with E-state index in [1.54, 1.807) is 19.9 Å². The van der Waals surface area contributed by atoms with E-state index in [1.807, 2.05) is 25.1 Å². The SMILES string of the molecule is Cc1cccc(C(=O)CC2=CC(=O)OC(C)(C)O2)c1. The van der Waals surface area contributed by atoms with Crippen LogP contribution in [0, 0.1) is 6.92 Å². The Morgan fingerprint density at radius 1 is 1.26 bits per heavy atom. The van der Waals surface area contributed by atoms with Gasteiger partial charge in [-0.05, 0) is 13.0 Å². The van der Waals surface area contributed by atoms with Gasteiger partial charge in [0.1, 0.15) is 5.76 Å². The van der Waals surface area contributed by atoms with Gasteiger partial charge in [0.2, 0.25) is 5.79 Å². The molecule has 0 unspecified atom stereocenters. The molecule has 19 heavy (non-hydrogen) atoms. The molecule has 0 saturated heterocycles. The van der Waals surface area contributed by atoms with Gasteiger partial charge in [0.25, 0.3) is 0 Å². The van der Waals surface area contributed by atoms with E-state index >= 15 is 0 Å². The molecule has 0 N–H and O–H groups in total. The van der Waals surface area contributed by atoms with Crippen LogP contribution in [-0.4, -0.2) is 17.5 Å². The molecule has 0 aromatic heterocycles. The molecular weight excluding hydrogens is 244 g/mol. The molecule has 0 amide bonds. The summed E-state index contributed by atoms with van der Waals surface area (Å²) < 4.78 is 10.4. The van der Waals surface area contributed by atoms with E-state index in [2.05, 4.69) is 0 Å². The third-order valence-corrected chi connectivity index (χ3v) is 2.68. The van der Waals surface area contributed by atoms with Crippen molar-refractivity contribution in [3.05, 3.63) is 47.2 Å². The second-order valence-electron chi connectivity index (χ2n) is 5.00. The number of esters is 1. The highest BCUT2D eigenvalue weighted by Gasteiger charge is 2.30. The number of carbonyl (C=O) groups is 2. The molecule has 0 aliphatic carbocycles. The zero-order chi connectivity index (χ0) is 14.0. The number of hydrogen-bond donors (Lipinski definition) is 0. The normalized spacial score (nSPS) is 17.2. The van der Waals surface area contributed by atoms with Crippen molar-refractivity contribution in [3.63, 3.8) is 0 Å². The molecule has 1 aliphatic rings. The van der Waals surface area contributed by atoms with Crippen LogP contribution in [0.25, 0.3) is 0 Å². The molecule has 0 saturated carbocycles. The van der Waals surface area contributed by atoms with Crippen LogP contribution in [0.4, 0.5) is 0 Å². The average molecular weight is 260 g/mol. The molecule has 1 heterocycles. The number of cyclic esters (lactones) is 1. The first-order valence-electron chi connectivity index (χ1n) is 6.08. The van der Waals surface area contributed by atoms with E-state index in [1.165, 1.54) is 6.08 Å². The molecule has 0 fully saturated rings. The molecule has 2 rings (SSSR count). The van der Waals surface area contributed by atoms with Gasteiger partial charge >= 0.3 is 5.97 Å². The summed E-state index contributed by atoms with van der Waals surface area (Å²) in [6.45, 7) is 5.19. The summed E-state index contributed by atoms with van der Waals surface area (Å²) in [6.07, 6.45) is 1.28. The van der Waals surface area contributed by atoms with Gasteiger partial charge in [0.05, 0.1) is 12.5 Å². The Labute approximate surface area is 112 Å². The minimum absolute atomic E-state index is 0.0575. The molecule has 0 atom stereocenters. The Morgan fingerprint density at radius 3 is 2.63 bits per heavy atom. The maximum Gasteiger partial charge on any atom is 0.337 e. The summed E-state index contributed by atoms with van der Waals surface area (Å²) in [7, 11) is 0. The van der Waals surface area contributed by atoms with E-state index in [4.69, 9.17) is 9.47 Å². The van der Waals surface area contributed by atoms with Crippen LogP contribution in [0.15, 0.2) is 36.1 Å². The second-order valence-corrected chi connectivity index (χ2v) is 5.00. The van der Waals surface area contributed by atoms with E-state index in [0.717, 1.165) is 5.56 Å². The lowest BCUT2D eigenvalue weighted by atomic mass is 10.0. The maximum atomic E-state index is 12.1. The highest BCUT2D eigenvalue weighted by atomic mass is 16.7. The third kappa shape index (κ3) is 3.44. The highest BCUT2D eigenvalue weighted by molar-refractivity contribution is 5.98. The zero-order valence-corrected chi connectivity index (χ0v) is 11.2. The lowest BCUT2D eigenvalue weighted by Gasteiger charge is -2.30. The van der Waals surface area contributed by atoms with Crippen LogP contribution < -0.4 is 0 Å². The summed E-state index contributed by atoms with van der Waals surface area (Å²) in [5, 5.41) is 0. The van der Waals surface area contributed by atoms with Crippen LogP contribution in [0.1, 0.15) is 36.2 Å². The molecule has 0 radical (unpaired) electrons. The van der Waals surface area contributed by atoms with Crippen molar-refractivity contribution in [2.75, 3.05) is 0 Å². The van der Waals surface area contributed by atoms with Crippen molar-refractivity contribution in [3.8, 4) is 0 Å². The first-order valence-corrected chi connectivity index (χ1v) is 6.08. The molecule has 1 aliphatic heterocycles. The number of hydrogen-bond acceptors (Lipinski definition) is 4. The molecule has 4 nitrogen and oxygen atoms in total. The molecule has 0 spiro atoms. The van der Waals surface area contributed by atoms with Crippen molar-refractivity contribution in [1.29, 1.82) is 0 Å². The minimum atomic E-state index is -1.02. The predicted octanol–water partition coefficient (Wildman–Crippen LogP) is 2.76. The molecule has 1 aromatic carbocycles. The lowest BCUT2D eigenvalue weighted by Crippen LogP contribution is -2.34. The molecule has 4 heteroatoms. The van der Waals surface area contributed by atoms with Crippen molar-refractivity contribution >= 4 is 11.8 Å². The van der Waals surface area contributed by atoms with Crippen LogP contribution in [0.2, 0.25) is 0 Å². The van der Waals surface area contributed by atoms with E-state index in [-0.39, 0.29) is 12.2 Å². The Kier molecular flexibility index (Phi) is 3.42. The smallest absolute Gasteiger partial charge is 0.337 e. The van der Waals surface area contributed by atoms with Crippen molar-refractivity contribution in [2.24, 2.45) is 0 Å². The molecular formula is C15H16O4. The monoisotopic (exact) mass is 260 g/mol. The molecule has 100 valence electrons. The van der Waals surface area contributed by atoms with Crippen molar-refractivity contribution in [2.45, 2.75) is 33.0 Å². The van der Waals surface area contributed by atoms with Gasteiger partial charge in [0.15, 0.2) is 5.78 Å². The topological polar surface area (TPSA) is 52.6 Å². The van der Waals surface area contributed by atoms with E-state index < -0.39 is 11.8 Å². The highest BCUT2D eigenvalue weighted by Crippen LogP contribution is 2.24. The van der Waals surface area contributed by atoms with Gasteiger partial charge in [-0.3, -0.25) is 4.79 Å². The number of rotatable bonds is 3. The fraction of sp³-hybridized carbons (Fsp3) is 0.333.